The van der Waals surface area contributed by atoms with E-state index in [9.17, 15) is 9.59 Å². The number of carbonyl (C=O) groups excluding carboxylic acids is 2. The lowest BCUT2D eigenvalue weighted by molar-refractivity contribution is -0.228. The molecular weight excluding hydrogens is 344 g/mol. The Bertz CT molecular complexity index is 541. The first kappa shape index (κ1) is 28.6. The van der Waals surface area contributed by atoms with Crippen molar-refractivity contribution < 1.29 is 24.5 Å². The van der Waals surface area contributed by atoms with Crippen LogP contribution in [-0.2, 0) is 19.2 Å². The van der Waals surface area contributed by atoms with Crippen LogP contribution in [0.1, 0.15) is 25.3 Å². The summed E-state index contributed by atoms with van der Waals surface area (Å²) in [6.45, 7) is 19.2. The molecule has 0 saturated heterocycles. The fourth-order valence-electron chi connectivity index (χ4n) is 1.00. The van der Waals surface area contributed by atoms with E-state index in [0.29, 0.717) is 6.61 Å². The van der Waals surface area contributed by atoms with Crippen LogP contribution in [-0.4, -0.2) is 23.8 Å². The van der Waals surface area contributed by atoms with Crippen molar-refractivity contribution in [2.24, 2.45) is 0 Å². The molecule has 0 saturated carbocycles. The number of unbranched alkanes of at least 4 members (excludes halogenated alkanes) is 1. The van der Waals surface area contributed by atoms with Gasteiger partial charge in [-0.3, -0.25) is 4.89 Å². The SMILES string of the molecule is C=CC(=O)OCCCC.C=CC(=O)OO.C=CC=C.C=Cc1ccccc1. The van der Waals surface area contributed by atoms with Gasteiger partial charge in [0.25, 0.3) is 0 Å². The van der Waals surface area contributed by atoms with Gasteiger partial charge in [-0.2, -0.15) is 5.26 Å². The molecule has 5 heteroatoms. The fourth-order valence-corrected chi connectivity index (χ4v) is 1.00. The summed E-state index contributed by atoms with van der Waals surface area (Å²) in [4.78, 5) is 23.1. The number of ether oxygens (including phenoxy) is 1. The van der Waals surface area contributed by atoms with Crippen LogP contribution in [0.4, 0.5) is 0 Å². The van der Waals surface area contributed by atoms with Gasteiger partial charge in [-0.25, -0.2) is 9.59 Å². The van der Waals surface area contributed by atoms with E-state index < -0.39 is 5.97 Å². The lowest BCUT2D eigenvalue weighted by atomic mass is 10.2. The zero-order chi connectivity index (χ0) is 21.3. The highest BCUT2D eigenvalue weighted by Gasteiger charge is 1.91. The number of allylic oxidation sites excluding steroid dienone is 2. The molecule has 0 radical (unpaired) electrons. The minimum absolute atomic E-state index is 0.330. The Morgan fingerprint density at radius 3 is 1.74 bits per heavy atom. The molecule has 0 bridgehead atoms. The van der Waals surface area contributed by atoms with Gasteiger partial charge >= 0.3 is 11.9 Å². The van der Waals surface area contributed by atoms with E-state index in [2.05, 4.69) is 42.5 Å². The Labute approximate surface area is 162 Å². The maximum Gasteiger partial charge on any atom is 0.365 e. The van der Waals surface area contributed by atoms with Gasteiger partial charge in [0.1, 0.15) is 0 Å². The fraction of sp³-hybridized carbons (Fsp3) is 0.182. The van der Waals surface area contributed by atoms with Gasteiger partial charge in [-0.05, 0) is 12.0 Å². The molecule has 5 nitrogen and oxygen atoms in total. The lowest BCUT2D eigenvalue weighted by Crippen LogP contribution is -2.00. The third-order valence-corrected chi connectivity index (χ3v) is 2.37. The normalized spacial score (nSPS) is 7.63. The molecule has 0 aliphatic heterocycles. The maximum absolute atomic E-state index is 10.3. The highest BCUT2D eigenvalue weighted by molar-refractivity contribution is 5.81. The summed E-state index contributed by atoms with van der Waals surface area (Å²) in [6, 6.07) is 10.0. The molecule has 0 fully saturated rings. The van der Waals surface area contributed by atoms with Crippen molar-refractivity contribution >= 4 is 18.0 Å². The molecule has 0 amide bonds. The van der Waals surface area contributed by atoms with Crippen molar-refractivity contribution in [1.82, 2.24) is 0 Å². The predicted molar refractivity (Wildman–Crippen MR) is 112 cm³/mol. The van der Waals surface area contributed by atoms with E-state index in [-0.39, 0.29) is 5.97 Å². The topological polar surface area (TPSA) is 72.8 Å². The Balaban J connectivity index is -0.000000296. The van der Waals surface area contributed by atoms with Crippen LogP contribution in [0.15, 0.2) is 87.5 Å². The molecule has 1 aromatic carbocycles. The Morgan fingerprint density at radius 2 is 1.48 bits per heavy atom. The minimum atomic E-state index is -0.838. The molecule has 1 rings (SSSR count). The smallest absolute Gasteiger partial charge is 0.365 e. The summed E-state index contributed by atoms with van der Waals surface area (Å²) < 4.78 is 4.67. The molecule has 0 aliphatic carbocycles. The van der Waals surface area contributed by atoms with E-state index in [1.807, 2.05) is 43.3 Å². The molecule has 1 N–H and O–H groups in total. The second kappa shape index (κ2) is 25.1. The quantitative estimate of drug-likeness (QED) is 0.173. The van der Waals surface area contributed by atoms with Crippen molar-refractivity contribution in [3.63, 3.8) is 0 Å². The van der Waals surface area contributed by atoms with Crippen LogP contribution in [0, 0.1) is 0 Å². The van der Waals surface area contributed by atoms with E-state index in [1.165, 1.54) is 11.6 Å². The van der Waals surface area contributed by atoms with Gasteiger partial charge in [0.15, 0.2) is 0 Å². The van der Waals surface area contributed by atoms with E-state index in [4.69, 9.17) is 5.26 Å². The largest absolute Gasteiger partial charge is 0.463 e. The number of hydrogen-bond donors (Lipinski definition) is 1. The summed E-state index contributed by atoms with van der Waals surface area (Å²) >= 11 is 0. The Hall–Kier alpha value is -3.18. The molecule has 0 atom stereocenters. The van der Waals surface area contributed by atoms with Crippen LogP contribution < -0.4 is 0 Å². The molecule has 0 aliphatic rings. The summed E-state index contributed by atoms with van der Waals surface area (Å²) in [5.41, 5.74) is 1.17. The standard InChI is InChI=1S/C8H8.C7H12O2.C4H6.C3H4O3/c1-2-8-6-4-3-5-7-8;1-3-5-6-9-7(8)4-2;1-3-4-2;1-2-3(4)6-5/h2-7H,1H2;4H,2-3,5-6H2,1H3;3-4H,1-2H2;2,5H,1H2. The van der Waals surface area contributed by atoms with Crippen molar-refractivity contribution in [3.05, 3.63) is 93.1 Å². The van der Waals surface area contributed by atoms with Gasteiger partial charge in [0.05, 0.1) is 6.61 Å². The third-order valence-electron chi connectivity index (χ3n) is 2.37. The van der Waals surface area contributed by atoms with Crippen LogP contribution in [0.2, 0.25) is 0 Å². The molecule has 0 unspecified atom stereocenters. The molecule has 27 heavy (non-hydrogen) atoms. The molecule has 1 aromatic rings. The first-order chi connectivity index (χ1) is 13.0. The van der Waals surface area contributed by atoms with Crippen molar-refractivity contribution in [3.8, 4) is 0 Å². The van der Waals surface area contributed by atoms with E-state index in [0.717, 1.165) is 18.9 Å². The molecule has 0 heterocycles. The van der Waals surface area contributed by atoms with E-state index >= 15 is 0 Å². The van der Waals surface area contributed by atoms with Crippen LogP contribution in [0.3, 0.4) is 0 Å². The number of esters is 1. The molecular formula is C22H30O5. The van der Waals surface area contributed by atoms with Crippen molar-refractivity contribution in [1.29, 1.82) is 0 Å². The number of hydrogen-bond acceptors (Lipinski definition) is 5. The van der Waals surface area contributed by atoms with Crippen molar-refractivity contribution in [2.75, 3.05) is 6.61 Å². The molecule has 0 spiro atoms. The third kappa shape index (κ3) is 27.9. The van der Waals surface area contributed by atoms with Gasteiger partial charge in [0, 0.05) is 12.2 Å². The van der Waals surface area contributed by atoms with Crippen LogP contribution in [0.25, 0.3) is 6.08 Å². The average molecular weight is 374 g/mol. The zero-order valence-electron chi connectivity index (χ0n) is 16.0. The number of rotatable bonds is 7. The van der Waals surface area contributed by atoms with Crippen LogP contribution >= 0.6 is 0 Å². The summed E-state index contributed by atoms with van der Waals surface area (Å²) in [5.74, 6) is -1.17. The second-order valence-electron chi connectivity index (χ2n) is 4.43. The second-order valence-corrected chi connectivity index (χ2v) is 4.43. The Morgan fingerprint density at radius 1 is 0.963 bits per heavy atom. The summed E-state index contributed by atoms with van der Waals surface area (Å²) in [7, 11) is 0. The molecule has 0 aromatic heterocycles. The summed E-state index contributed by atoms with van der Waals surface area (Å²) in [5, 5.41) is 7.41. The lowest BCUT2D eigenvalue weighted by Gasteiger charge is -1.97. The van der Waals surface area contributed by atoms with Crippen molar-refractivity contribution in [2.45, 2.75) is 19.8 Å². The number of carbonyl (C=O) groups is 2. The zero-order valence-corrected chi connectivity index (χ0v) is 16.0. The highest BCUT2D eigenvalue weighted by atomic mass is 17.1. The van der Waals surface area contributed by atoms with E-state index in [1.54, 1.807) is 12.2 Å². The minimum Gasteiger partial charge on any atom is -0.463 e. The first-order valence-corrected chi connectivity index (χ1v) is 8.15. The van der Waals surface area contributed by atoms with Gasteiger partial charge in [0.2, 0.25) is 0 Å². The predicted octanol–water partition coefficient (Wildman–Crippen LogP) is 5.39. The molecule has 148 valence electrons. The summed E-state index contributed by atoms with van der Waals surface area (Å²) in [6.07, 6.45) is 9.12. The maximum atomic E-state index is 10.3. The number of benzene rings is 1. The Kier molecular flexibility index (Phi) is 26.6. The monoisotopic (exact) mass is 374 g/mol. The van der Waals surface area contributed by atoms with Crippen LogP contribution in [0.5, 0.6) is 0 Å². The highest BCUT2D eigenvalue weighted by Crippen LogP contribution is 1.97. The first-order valence-electron chi connectivity index (χ1n) is 8.15. The van der Waals surface area contributed by atoms with Gasteiger partial charge < -0.3 is 4.74 Å². The average Bonchev–Trinajstić information content (AvgIpc) is 2.74. The van der Waals surface area contributed by atoms with Gasteiger partial charge in [-0.1, -0.05) is 94.8 Å². The van der Waals surface area contributed by atoms with Gasteiger partial charge in [-0.15, -0.1) is 0 Å².